The number of rotatable bonds is 7. The smallest absolute Gasteiger partial charge is 0.226 e. The molecule has 0 radical (unpaired) electrons. The van der Waals surface area contributed by atoms with Crippen LogP contribution in [-0.4, -0.2) is 43.5 Å². The molecule has 150 valence electrons. The Bertz CT molecular complexity index is 765. The SMILES string of the molecule is CC(C)CS(=O)(=O)N1CCC(NC(=O)C2(Cc3ccc(F)cc3)CC2)CC1. The zero-order valence-electron chi connectivity index (χ0n) is 16.1. The van der Waals surface area contributed by atoms with Gasteiger partial charge in [0.1, 0.15) is 5.82 Å². The van der Waals surface area contributed by atoms with Crippen molar-refractivity contribution in [1.29, 1.82) is 0 Å². The molecular weight excluding hydrogens is 367 g/mol. The molecule has 1 aliphatic heterocycles. The van der Waals surface area contributed by atoms with Gasteiger partial charge in [-0.1, -0.05) is 26.0 Å². The largest absolute Gasteiger partial charge is 0.353 e. The number of benzene rings is 1. The Hall–Kier alpha value is -1.47. The Morgan fingerprint density at radius 1 is 1.22 bits per heavy atom. The van der Waals surface area contributed by atoms with Crippen LogP contribution in [0.4, 0.5) is 4.39 Å². The summed E-state index contributed by atoms with van der Waals surface area (Å²) in [7, 11) is -3.20. The summed E-state index contributed by atoms with van der Waals surface area (Å²) in [5.74, 6) is 0.0568. The van der Waals surface area contributed by atoms with Crippen LogP contribution in [0.1, 0.15) is 45.1 Å². The molecule has 1 aliphatic carbocycles. The van der Waals surface area contributed by atoms with Crippen molar-refractivity contribution in [1.82, 2.24) is 9.62 Å². The summed E-state index contributed by atoms with van der Waals surface area (Å²) in [5.41, 5.74) is 0.595. The van der Waals surface area contributed by atoms with E-state index in [1.165, 1.54) is 12.1 Å². The van der Waals surface area contributed by atoms with Crippen molar-refractivity contribution >= 4 is 15.9 Å². The van der Waals surface area contributed by atoms with E-state index in [1.54, 1.807) is 16.4 Å². The molecule has 1 aromatic carbocycles. The van der Waals surface area contributed by atoms with Crippen molar-refractivity contribution in [3.8, 4) is 0 Å². The molecule has 1 amide bonds. The summed E-state index contributed by atoms with van der Waals surface area (Å²) < 4.78 is 39.3. The molecule has 1 N–H and O–H groups in total. The molecule has 27 heavy (non-hydrogen) atoms. The van der Waals surface area contributed by atoms with Crippen molar-refractivity contribution in [2.75, 3.05) is 18.8 Å². The van der Waals surface area contributed by atoms with Crippen LogP contribution in [0.5, 0.6) is 0 Å². The van der Waals surface area contributed by atoms with Crippen LogP contribution in [0.3, 0.4) is 0 Å². The number of carbonyl (C=O) groups is 1. The molecule has 0 unspecified atom stereocenters. The Labute approximate surface area is 161 Å². The zero-order valence-corrected chi connectivity index (χ0v) is 16.9. The first-order chi connectivity index (χ1) is 12.7. The van der Waals surface area contributed by atoms with Gasteiger partial charge < -0.3 is 5.32 Å². The lowest BCUT2D eigenvalue weighted by Gasteiger charge is -2.33. The number of hydrogen-bond acceptors (Lipinski definition) is 3. The highest BCUT2D eigenvalue weighted by Gasteiger charge is 2.50. The lowest BCUT2D eigenvalue weighted by Crippen LogP contribution is -2.49. The third-order valence-electron chi connectivity index (χ3n) is 5.52. The molecule has 5 nitrogen and oxygen atoms in total. The molecule has 0 spiro atoms. The summed E-state index contributed by atoms with van der Waals surface area (Å²) in [5, 5.41) is 3.13. The number of nitrogens with zero attached hydrogens (tertiary/aromatic N) is 1. The second kappa shape index (κ2) is 7.87. The average Bonchev–Trinajstić information content (AvgIpc) is 3.37. The number of amides is 1. The van der Waals surface area contributed by atoms with Gasteiger partial charge in [0.25, 0.3) is 0 Å². The third-order valence-corrected chi connectivity index (χ3v) is 7.76. The number of nitrogens with one attached hydrogen (secondary N) is 1. The Morgan fingerprint density at radius 2 is 1.81 bits per heavy atom. The molecule has 0 bridgehead atoms. The van der Waals surface area contributed by atoms with E-state index in [-0.39, 0.29) is 34.9 Å². The van der Waals surface area contributed by atoms with E-state index in [4.69, 9.17) is 0 Å². The molecule has 2 fully saturated rings. The van der Waals surface area contributed by atoms with Gasteiger partial charge >= 0.3 is 0 Å². The molecule has 1 aromatic rings. The number of halogens is 1. The van der Waals surface area contributed by atoms with Crippen LogP contribution >= 0.6 is 0 Å². The second-order valence-corrected chi connectivity index (χ2v) is 10.4. The maximum Gasteiger partial charge on any atom is 0.226 e. The highest BCUT2D eigenvalue weighted by molar-refractivity contribution is 7.89. The molecule has 7 heteroatoms. The summed E-state index contributed by atoms with van der Waals surface area (Å²) in [4.78, 5) is 12.8. The monoisotopic (exact) mass is 396 g/mol. The van der Waals surface area contributed by atoms with Crippen molar-refractivity contribution < 1.29 is 17.6 Å². The van der Waals surface area contributed by atoms with Gasteiger partial charge in [-0.25, -0.2) is 17.1 Å². The van der Waals surface area contributed by atoms with Crippen LogP contribution < -0.4 is 5.32 Å². The van der Waals surface area contributed by atoms with E-state index >= 15 is 0 Å². The predicted octanol–water partition coefficient (Wildman–Crippen LogP) is 2.71. The van der Waals surface area contributed by atoms with Gasteiger partial charge in [-0.2, -0.15) is 0 Å². The molecule has 1 heterocycles. The van der Waals surface area contributed by atoms with Crippen molar-refractivity contribution in [2.45, 2.75) is 52.0 Å². The third kappa shape index (κ3) is 5.08. The highest BCUT2D eigenvalue weighted by Crippen LogP contribution is 2.48. The fourth-order valence-corrected chi connectivity index (χ4v) is 5.59. The first-order valence-electron chi connectivity index (χ1n) is 9.73. The summed E-state index contributed by atoms with van der Waals surface area (Å²) >= 11 is 0. The lowest BCUT2D eigenvalue weighted by atomic mass is 9.94. The number of piperidine rings is 1. The summed E-state index contributed by atoms with van der Waals surface area (Å²) in [6.07, 6.45) is 3.61. The van der Waals surface area contributed by atoms with Crippen LogP contribution in [0.2, 0.25) is 0 Å². The van der Waals surface area contributed by atoms with Crippen molar-refractivity contribution in [3.63, 3.8) is 0 Å². The number of sulfonamides is 1. The molecule has 1 saturated carbocycles. The van der Waals surface area contributed by atoms with Crippen LogP contribution in [0.25, 0.3) is 0 Å². The normalized spacial score (nSPS) is 20.6. The summed E-state index contributed by atoms with van der Waals surface area (Å²) in [6.45, 7) is 4.73. The summed E-state index contributed by atoms with van der Waals surface area (Å²) in [6, 6.07) is 6.35. The molecule has 3 rings (SSSR count). The van der Waals surface area contributed by atoms with Gasteiger partial charge in [0.2, 0.25) is 15.9 Å². The van der Waals surface area contributed by atoms with Gasteiger partial charge in [-0.15, -0.1) is 0 Å². The fraction of sp³-hybridized carbons (Fsp3) is 0.650. The standard InChI is InChI=1S/C20H29FN2O3S/c1-15(2)14-27(25,26)23-11-7-18(8-12-23)22-19(24)20(9-10-20)13-16-3-5-17(21)6-4-16/h3-6,15,18H,7-14H2,1-2H3,(H,22,24). The van der Waals surface area contributed by atoms with Gasteiger partial charge in [0.05, 0.1) is 11.2 Å². The van der Waals surface area contributed by atoms with Gasteiger partial charge in [0, 0.05) is 19.1 Å². The maximum absolute atomic E-state index is 13.1. The minimum absolute atomic E-state index is 0.0219. The topological polar surface area (TPSA) is 66.5 Å². The Kier molecular flexibility index (Phi) is 5.91. The first-order valence-corrected chi connectivity index (χ1v) is 11.3. The van der Waals surface area contributed by atoms with E-state index in [2.05, 4.69) is 5.32 Å². The lowest BCUT2D eigenvalue weighted by molar-refractivity contribution is -0.127. The van der Waals surface area contributed by atoms with Crippen LogP contribution in [0.15, 0.2) is 24.3 Å². The van der Waals surface area contributed by atoms with E-state index < -0.39 is 10.0 Å². The second-order valence-electron chi connectivity index (χ2n) is 8.40. The van der Waals surface area contributed by atoms with E-state index in [0.717, 1.165) is 18.4 Å². The van der Waals surface area contributed by atoms with Crippen molar-refractivity contribution in [3.05, 3.63) is 35.6 Å². The quantitative estimate of drug-likeness (QED) is 0.771. The van der Waals surface area contributed by atoms with Crippen LogP contribution in [-0.2, 0) is 21.2 Å². The van der Waals surface area contributed by atoms with Crippen molar-refractivity contribution in [2.24, 2.45) is 11.3 Å². The van der Waals surface area contributed by atoms with E-state index in [0.29, 0.717) is 32.4 Å². The molecular formula is C20H29FN2O3S. The Balaban J connectivity index is 1.51. The number of hydrogen-bond donors (Lipinski definition) is 1. The van der Waals surface area contributed by atoms with E-state index in [1.807, 2.05) is 13.8 Å². The highest BCUT2D eigenvalue weighted by atomic mass is 32.2. The fourth-order valence-electron chi connectivity index (χ4n) is 3.77. The zero-order chi connectivity index (χ0) is 19.7. The molecule has 1 saturated heterocycles. The molecule has 0 aromatic heterocycles. The minimum atomic E-state index is -3.20. The predicted molar refractivity (Wildman–Crippen MR) is 103 cm³/mol. The van der Waals surface area contributed by atoms with Gasteiger partial charge in [0.15, 0.2) is 0 Å². The van der Waals surface area contributed by atoms with Gasteiger partial charge in [-0.3, -0.25) is 4.79 Å². The van der Waals surface area contributed by atoms with Gasteiger partial charge in [-0.05, 0) is 55.7 Å². The maximum atomic E-state index is 13.1. The number of carbonyl (C=O) groups excluding carboxylic acids is 1. The van der Waals surface area contributed by atoms with Crippen LogP contribution in [0, 0.1) is 17.2 Å². The Morgan fingerprint density at radius 3 is 2.33 bits per heavy atom. The molecule has 2 aliphatic rings. The van der Waals surface area contributed by atoms with E-state index in [9.17, 15) is 17.6 Å². The molecule has 0 atom stereocenters. The first kappa shape index (κ1) is 20.3. The average molecular weight is 397 g/mol. The minimum Gasteiger partial charge on any atom is -0.353 e.